The van der Waals surface area contributed by atoms with Crippen molar-refractivity contribution < 1.29 is 35.5 Å². The van der Waals surface area contributed by atoms with Gasteiger partial charge in [-0.2, -0.15) is 26.3 Å². The summed E-state index contributed by atoms with van der Waals surface area (Å²) >= 11 is 0. The number of hydrogen-bond donors (Lipinski definition) is 0. The van der Waals surface area contributed by atoms with Gasteiger partial charge in [-0.25, -0.2) is 4.39 Å². The minimum absolute atomic E-state index is 0.162. The lowest BCUT2D eigenvalue weighted by Gasteiger charge is -2.30. The van der Waals surface area contributed by atoms with Crippen LogP contribution in [0, 0.1) is 0 Å². The molecule has 0 spiro atoms. The first-order valence-electron chi connectivity index (χ1n) is 4.42. The van der Waals surface area contributed by atoms with E-state index in [2.05, 4.69) is 0 Å². The second-order valence-electron chi connectivity index (χ2n) is 3.39. The molecule has 0 unspecified atom stereocenters. The van der Waals surface area contributed by atoms with Crippen LogP contribution in [0.15, 0.2) is 24.3 Å². The van der Waals surface area contributed by atoms with Gasteiger partial charge in [-0.1, -0.05) is 24.3 Å². The van der Waals surface area contributed by atoms with Gasteiger partial charge in [-0.15, -0.1) is 0 Å². The smallest absolute Gasteiger partial charge is 0.298 e. The van der Waals surface area contributed by atoms with Gasteiger partial charge in [0.05, 0.1) is 0 Å². The number of carbonyl (C=O) groups is 1. The van der Waals surface area contributed by atoms with E-state index in [0.29, 0.717) is 12.1 Å². The molecule has 0 radical (unpaired) electrons. The number of carbonyl (C=O) groups excluding carboxylic acids is 1. The summed E-state index contributed by atoms with van der Waals surface area (Å²) in [7, 11) is 0. The number of hydrogen-bond acceptors (Lipinski definition) is 1. The average molecular weight is 274 g/mol. The molecule has 0 amide bonds. The van der Waals surface area contributed by atoms with Crippen molar-refractivity contribution in [1.82, 2.24) is 0 Å². The van der Waals surface area contributed by atoms with Gasteiger partial charge in [0.15, 0.2) is 0 Å². The second-order valence-corrected chi connectivity index (χ2v) is 3.39. The van der Waals surface area contributed by atoms with Crippen LogP contribution in [0.1, 0.15) is 15.9 Å². The molecular weight excluding hydrogens is 269 g/mol. The zero-order valence-corrected chi connectivity index (χ0v) is 8.44. The van der Waals surface area contributed by atoms with Crippen molar-refractivity contribution >= 4 is 6.29 Å². The van der Waals surface area contributed by atoms with Crippen LogP contribution in [-0.4, -0.2) is 18.6 Å². The normalized spacial score (nSPS) is 13.5. The third kappa shape index (κ3) is 2.19. The Morgan fingerprint density at radius 2 is 1.17 bits per heavy atom. The van der Waals surface area contributed by atoms with Gasteiger partial charge in [-0.3, -0.25) is 4.79 Å². The Balaban J connectivity index is 3.40. The molecule has 1 aromatic carbocycles. The molecule has 0 atom stereocenters. The molecular formula is C10H5F7O. The number of halogens is 7. The van der Waals surface area contributed by atoms with Crippen molar-refractivity contribution in [2.24, 2.45) is 0 Å². The Morgan fingerprint density at radius 1 is 0.778 bits per heavy atom. The molecule has 0 saturated carbocycles. The van der Waals surface area contributed by atoms with E-state index in [0.717, 1.165) is 0 Å². The standard InChI is InChI=1S/C10H5F7O/c11-8(9(12,13)14,10(15,16)17)7-3-1-6(5-18)2-4-7/h1-5H. The van der Waals surface area contributed by atoms with Crippen LogP contribution in [0.2, 0.25) is 0 Å². The molecule has 1 aromatic rings. The zero-order valence-electron chi connectivity index (χ0n) is 8.44. The SMILES string of the molecule is O=Cc1ccc(C(F)(C(F)(F)F)C(F)(F)F)cc1. The highest BCUT2D eigenvalue weighted by molar-refractivity contribution is 5.74. The fraction of sp³-hybridized carbons (Fsp3) is 0.300. The lowest BCUT2D eigenvalue weighted by atomic mass is 9.93. The van der Waals surface area contributed by atoms with Crippen LogP contribution >= 0.6 is 0 Å². The van der Waals surface area contributed by atoms with Gasteiger partial charge < -0.3 is 0 Å². The largest absolute Gasteiger partial charge is 0.435 e. The third-order valence-corrected chi connectivity index (χ3v) is 2.23. The summed E-state index contributed by atoms with van der Waals surface area (Å²) < 4.78 is 87.3. The molecule has 0 aliphatic rings. The van der Waals surface area contributed by atoms with Crippen LogP contribution in [0.5, 0.6) is 0 Å². The molecule has 0 N–H and O–H groups in total. The quantitative estimate of drug-likeness (QED) is 0.592. The predicted molar refractivity (Wildman–Crippen MR) is 46.7 cm³/mol. The summed E-state index contributed by atoms with van der Waals surface area (Å²) in [5, 5.41) is 0. The summed E-state index contributed by atoms with van der Waals surface area (Å²) in [4.78, 5) is 10.2. The fourth-order valence-electron chi connectivity index (χ4n) is 1.28. The summed E-state index contributed by atoms with van der Waals surface area (Å²) in [6.45, 7) is 0. The maximum absolute atomic E-state index is 13.4. The second kappa shape index (κ2) is 4.25. The minimum Gasteiger partial charge on any atom is -0.298 e. The van der Waals surface area contributed by atoms with Gasteiger partial charge >= 0.3 is 18.0 Å². The highest BCUT2D eigenvalue weighted by atomic mass is 19.4. The van der Waals surface area contributed by atoms with Crippen molar-refractivity contribution in [3.8, 4) is 0 Å². The Morgan fingerprint density at radius 3 is 1.44 bits per heavy atom. The summed E-state index contributed by atoms with van der Waals surface area (Å²) in [6.07, 6.45) is -12.1. The molecule has 8 heteroatoms. The lowest BCUT2D eigenvalue weighted by Crippen LogP contribution is -2.50. The number of alkyl halides is 7. The molecule has 0 aliphatic carbocycles. The van der Waals surface area contributed by atoms with E-state index in [-0.39, 0.29) is 24.0 Å². The minimum atomic E-state index is -6.14. The average Bonchev–Trinajstić information content (AvgIpc) is 2.25. The van der Waals surface area contributed by atoms with Crippen LogP contribution in [-0.2, 0) is 5.67 Å². The van der Waals surface area contributed by atoms with E-state index in [4.69, 9.17) is 0 Å². The van der Waals surface area contributed by atoms with Crippen LogP contribution < -0.4 is 0 Å². The first-order valence-corrected chi connectivity index (χ1v) is 4.42. The Kier molecular flexibility index (Phi) is 3.42. The van der Waals surface area contributed by atoms with Gasteiger partial charge in [0.2, 0.25) is 0 Å². The summed E-state index contributed by atoms with van der Waals surface area (Å²) in [5.41, 5.74) is -7.24. The van der Waals surface area contributed by atoms with E-state index in [1.54, 1.807) is 0 Å². The van der Waals surface area contributed by atoms with E-state index in [1.165, 1.54) is 0 Å². The van der Waals surface area contributed by atoms with E-state index >= 15 is 0 Å². The third-order valence-electron chi connectivity index (χ3n) is 2.23. The maximum atomic E-state index is 13.4. The van der Waals surface area contributed by atoms with Crippen LogP contribution in [0.4, 0.5) is 30.7 Å². The van der Waals surface area contributed by atoms with Crippen molar-refractivity contribution in [3.63, 3.8) is 0 Å². The fourth-order valence-corrected chi connectivity index (χ4v) is 1.28. The lowest BCUT2D eigenvalue weighted by molar-refractivity contribution is -0.348. The first-order chi connectivity index (χ1) is 8.04. The molecule has 0 saturated heterocycles. The highest BCUT2D eigenvalue weighted by Crippen LogP contribution is 2.53. The van der Waals surface area contributed by atoms with Gasteiger partial charge in [0, 0.05) is 11.1 Å². The van der Waals surface area contributed by atoms with E-state index in [9.17, 15) is 35.5 Å². The van der Waals surface area contributed by atoms with Crippen molar-refractivity contribution in [2.45, 2.75) is 18.0 Å². The van der Waals surface area contributed by atoms with Gasteiger partial charge in [-0.05, 0) is 0 Å². The zero-order chi connectivity index (χ0) is 14.2. The van der Waals surface area contributed by atoms with Crippen molar-refractivity contribution in [1.29, 1.82) is 0 Å². The van der Waals surface area contributed by atoms with Crippen molar-refractivity contribution in [2.75, 3.05) is 0 Å². The molecule has 0 heterocycles. The Hall–Kier alpha value is -1.60. The molecule has 0 aliphatic heterocycles. The molecule has 0 fully saturated rings. The van der Waals surface area contributed by atoms with Crippen LogP contribution in [0.3, 0.4) is 0 Å². The molecule has 100 valence electrons. The molecule has 1 nitrogen and oxygen atoms in total. The molecule has 0 bridgehead atoms. The van der Waals surface area contributed by atoms with Gasteiger partial charge in [0.1, 0.15) is 6.29 Å². The molecule has 18 heavy (non-hydrogen) atoms. The Labute approximate surface area is 96.2 Å². The molecule has 1 rings (SSSR count). The number of aldehydes is 1. The number of rotatable bonds is 2. The Bertz CT molecular complexity index is 415. The first kappa shape index (κ1) is 14.5. The van der Waals surface area contributed by atoms with Gasteiger partial charge in [0.25, 0.3) is 0 Å². The predicted octanol–water partition coefficient (Wildman–Crippen LogP) is 3.79. The monoisotopic (exact) mass is 274 g/mol. The van der Waals surface area contributed by atoms with Crippen LogP contribution in [0.25, 0.3) is 0 Å². The van der Waals surface area contributed by atoms with E-state index < -0.39 is 23.6 Å². The molecule has 0 aromatic heterocycles. The van der Waals surface area contributed by atoms with E-state index in [1.807, 2.05) is 0 Å². The highest BCUT2D eigenvalue weighted by Gasteiger charge is 2.73. The van der Waals surface area contributed by atoms with Crippen molar-refractivity contribution in [3.05, 3.63) is 35.4 Å². The number of benzene rings is 1. The maximum Gasteiger partial charge on any atom is 0.435 e. The summed E-state index contributed by atoms with van der Waals surface area (Å²) in [5.74, 6) is 0. The summed E-state index contributed by atoms with van der Waals surface area (Å²) in [6, 6.07) is 1.91. The topological polar surface area (TPSA) is 17.1 Å².